The molecule has 1 aliphatic carbocycles. The number of aryl methyl sites for hydroxylation is 1. The lowest BCUT2D eigenvalue weighted by Gasteiger charge is -2.43. The molecule has 0 fully saturated rings. The van der Waals surface area contributed by atoms with Crippen LogP contribution in [0, 0.1) is 19.3 Å². The van der Waals surface area contributed by atoms with Crippen LogP contribution in [0.25, 0.3) is 0 Å². The quantitative estimate of drug-likeness (QED) is 0.601. The van der Waals surface area contributed by atoms with Crippen LogP contribution in [0.15, 0.2) is 53.7 Å². The number of carbonyl (C=O) groups excluding carboxylic acids is 2. The maximum Gasteiger partial charge on any atom is 0.232 e. The average Bonchev–Trinajstić information content (AvgIpc) is 2.63. The minimum atomic E-state index is -0.235. The summed E-state index contributed by atoms with van der Waals surface area (Å²) >= 11 is 6.22. The van der Waals surface area contributed by atoms with Gasteiger partial charge in [0, 0.05) is 35.1 Å². The molecule has 0 bridgehead atoms. The minimum absolute atomic E-state index is 0.0351. The van der Waals surface area contributed by atoms with Crippen molar-refractivity contribution in [2.24, 2.45) is 5.41 Å². The number of rotatable bonds is 2. The van der Waals surface area contributed by atoms with E-state index in [4.69, 9.17) is 11.6 Å². The second-order valence-corrected chi connectivity index (χ2v) is 9.50. The standard InChI is InChI=1S/C25H26ClNO2/c1-15-7-5-10-20(16(15)2)27-21-13-25(3,4)14-22(28)24(21)19(12-23(27)29)17-8-6-9-18(26)11-17/h5-11,19H,12-14H2,1-4H3. The van der Waals surface area contributed by atoms with E-state index in [1.54, 1.807) is 0 Å². The summed E-state index contributed by atoms with van der Waals surface area (Å²) < 4.78 is 0. The molecule has 3 nitrogen and oxygen atoms in total. The van der Waals surface area contributed by atoms with Gasteiger partial charge >= 0.3 is 0 Å². The molecule has 150 valence electrons. The average molecular weight is 408 g/mol. The van der Waals surface area contributed by atoms with Gasteiger partial charge in [0.15, 0.2) is 5.78 Å². The Morgan fingerprint density at radius 2 is 1.76 bits per heavy atom. The highest BCUT2D eigenvalue weighted by molar-refractivity contribution is 6.30. The lowest BCUT2D eigenvalue weighted by atomic mass is 9.69. The summed E-state index contributed by atoms with van der Waals surface area (Å²) in [5.41, 5.74) is 5.50. The van der Waals surface area contributed by atoms with E-state index >= 15 is 0 Å². The van der Waals surface area contributed by atoms with E-state index in [0.29, 0.717) is 17.9 Å². The molecule has 0 saturated heterocycles. The number of amides is 1. The first-order valence-electron chi connectivity index (χ1n) is 10.1. The Hall–Kier alpha value is -2.39. The zero-order valence-electron chi connectivity index (χ0n) is 17.4. The van der Waals surface area contributed by atoms with Gasteiger partial charge in [-0.1, -0.05) is 49.7 Å². The second-order valence-electron chi connectivity index (χ2n) is 9.06. The van der Waals surface area contributed by atoms with E-state index < -0.39 is 0 Å². The van der Waals surface area contributed by atoms with Crippen molar-refractivity contribution in [3.63, 3.8) is 0 Å². The van der Waals surface area contributed by atoms with Crippen LogP contribution in [0.4, 0.5) is 5.69 Å². The number of benzene rings is 2. The summed E-state index contributed by atoms with van der Waals surface area (Å²) in [6, 6.07) is 13.6. The largest absolute Gasteiger partial charge is 0.294 e. The van der Waals surface area contributed by atoms with Crippen LogP contribution >= 0.6 is 11.6 Å². The predicted molar refractivity (Wildman–Crippen MR) is 117 cm³/mol. The molecule has 1 atom stereocenters. The van der Waals surface area contributed by atoms with Crippen LogP contribution in [0.1, 0.15) is 55.7 Å². The van der Waals surface area contributed by atoms with E-state index in [-0.39, 0.29) is 29.4 Å². The second kappa shape index (κ2) is 7.14. The number of hydrogen-bond donors (Lipinski definition) is 0. The molecule has 0 radical (unpaired) electrons. The summed E-state index contributed by atoms with van der Waals surface area (Å²) in [5.74, 6) is -0.0573. The molecule has 1 amide bonds. The van der Waals surface area contributed by atoms with E-state index in [9.17, 15) is 9.59 Å². The Morgan fingerprint density at radius 3 is 2.48 bits per heavy atom. The van der Waals surface area contributed by atoms with Crippen molar-refractivity contribution in [2.45, 2.75) is 52.9 Å². The van der Waals surface area contributed by atoms with Crippen LogP contribution in [0.2, 0.25) is 5.02 Å². The van der Waals surface area contributed by atoms with Gasteiger partial charge in [-0.15, -0.1) is 0 Å². The minimum Gasteiger partial charge on any atom is -0.294 e. The third-order valence-electron chi connectivity index (χ3n) is 6.21. The van der Waals surface area contributed by atoms with Gasteiger partial charge in [-0.3, -0.25) is 14.5 Å². The molecular formula is C25H26ClNO2. The SMILES string of the molecule is Cc1cccc(N2C(=O)CC(c3cccc(Cl)c3)C3=C2CC(C)(C)CC3=O)c1C. The first kappa shape index (κ1) is 19.9. The molecule has 0 aromatic heterocycles. The third kappa shape index (κ3) is 3.53. The monoisotopic (exact) mass is 407 g/mol. The van der Waals surface area contributed by atoms with Crippen molar-refractivity contribution in [3.8, 4) is 0 Å². The lowest BCUT2D eigenvalue weighted by Crippen LogP contribution is -2.44. The molecule has 0 saturated carbocycles. The van der Waals surface area contributed by atoms with Gasteiger partial charge in [-0.25, -0.2) is 0 Å². The van der Waals surface area contributed by atoms with E-state index in [0.717, 1.165) is 33.6 Å². The van der Waals surface area contributed by atoms with Gasteiger partial charge in [0.2, 0.25) is 5.91 Å². The maximum atomic E-state index is 13.4. The first-order chi connectivity index (χ1) is 13.7. The summed E-state index contributed by atoms with van der Waals surface area (Å²) in [5, 5.41) is 0.623. The number of Topliss-reactive ketones (excluding diaryl/α,β-unsaturated/α-hetero) is 1. The van der Waals surface area contributed by atoms with Crippen molar-refractivity contribution >= 4 is 29.0 Å². The van der Waals surface area contributed by atoms with Gasteiger partial charge in [-0.05, 0) is 60.6 Å². The van der Waals surface area contributed by atoms with E-state index in [2.05, 4.69) is 13.8 Å². The van der Waals surface area contributed by atoms with Crippen LogP contribution in [0.5, 0.6) is 0 Å². The fourth-order valence-corrected chi connectivity index (χ4v) is 4.88. The van der Waals surface area contributed by atoms with Gasteiger partial charge < -0.3 is 0 Å². The number of allylic oxidation sites excluding steroid dienone is 2. The maximum absolute atomic E-state index is 13.4. The zero-order chi connectivity index (χ0) is 20.9. The smallest absolute Gasteiger partial charge is 0.232 e. The number of nitrogens with zero attached hydrogens (tertiary/aromatic N) is 1. The third-order valence-corrected chi connectivity index (χ3v) is 6.45. The molecule has 2 aliphatic rings. The Morgan fingerprint density at radius 1 is 1.03 bits per heavy atom. The van der Waals surface area contributed by atoms with Gasteiger partial charge in [0.05, 0.1) is 5.69 Å². The van der Waals surface area contributed by atoms with Crippen LogP contribution < -0.4 is 4.90 Å². The van der Waals surface area contributed by atoms with Crippen molar-refractivity contribution < 1.29 is 9.59 Å². The molecular weight excluding hydrogens is 382 g/mol. The van der Waals surface area contributed by atoms with Gasteiger partial charge in [0.25, 0.3) is 0 Å². The van der Waals surface area contributed by atoms with E-state index in [1.165, 1.54) is 0 Å². The molecule has 2 aromatic rings. The number of ketones is 1. The van der Waals surface area contributed by atoms with Crippen molar-refractivity contribution in [1.29, 1.82) is 0 Å². The highest BCUT2D eigenvalue weighted by atomic mass is 35.5. The Kier molecular flexibility index (Phi) is 4.90. The molecule has 4 heteroatoms. The van der Waals surface area contributed by atoms with Crippen LogP contribution in [-0.4, -0.2) is 11.7 Å². The zero-order valence-corrected chi connectivity index (χ0v) is 18.1. The molecule has 1 aliphatic heterocycles. The van der Waals surface area contributed by atoms with Crippen molar-refractivity contribution in [2.75, 3.05) is 4.90 Å². The molecule has 1 unspecified atom stereocenters. The van der Waals surface area contributed by atoms with Crippen molar-refractivity contribution in [1.82, 2.24) is 0 Å². The number of carbonyl (C=O) groups is 2. The summed E-state index contributed by atoms with van der Waals surface area (Å²) in [4.78, 5) is 28.6. The summed E-state index contributed by atoms with van der Waals surface area (Å²) in [7, 11) is 0. The number of anilines is 1. The molecule has 0 N–H and O–H groups in total. The number of halogens is 1. The Balaban J connectivity index is 1.94. The molecule has 4 rings (SSSR count). The Bertz CT molecular complexity index is 1050. The predicted octanol–water partition coefficient (Wildman–Crippen LogP) is 6.12. The topological polar surface area (TPSA) is 37.4 Å². The summed E-state index contributed by atoms with van der Waals surface area (Å²) in [6.07, 6.45) is 1.47. The van der Waals surface area contributed by atoms with Gasteiger partial charge in [-0.2, -0.15) is 0 Å². The van der Waals surface area contributed by atoms with Gasteiger partial charge in [0.1, 0.15) is 0 Å². The van der Waals surface area contributed by atoms with Crippen LogP contribution in [-0.2, 0) is 9.59 Å². The number of hydrogen-bond acceptors (Lipinski definition) is 2. The molecule has 1 heterocycles. The lowest BCUT2D eigenvalue weighted by molar-refractivity contribution is -0.121. The van der Waals surface area contributed by atoms with E-state index in [1.807, 2.05) is 61.2 Å². The van der Waals surface area contributed by atoms with Crippen LogP contribution in [0.3, 0.4) is 0 Å². The highest BCUT2D eigenvalue weighted by Crippen LogP contribution is 2.48. The fourth-order valence-electron chi connectivity index (χ4n) is 4.68. The molecule has 2 aromatic carbocycles. The highest BCUT2D eigenvalue weighted by Gasteiger charge is 2.44. The fraction of sp³-hybridized carbons (Fsp3) is 0.360. The van der Waals surface area contributed by atoms with Crippen molar-refractivity contribution in [3.05, 3.63) is 75.4 Å². The Labute approximate surface area is 177 Å². The first-order valence-corrected chi connectivity index (χ1v) is 10.5. The summed E-state index contributed by atoms with van der Waals surface area (Å²) in [6.45, 7) is 8.29. The normalized spacial score (nSPS) is 21.4. The molecule has 29 heavy (non-hydrogen) atoms. The molecule has 0 spiro atoms.